The van der Waals surface area contributed by atoms with Gasteiger partial charge < -0.3 is 14.2 Å². The van der Waals surface area contributed by atoms with Crippen molar-refractivity contribution in [2.75, 3.05) is 6.61 Å². The fourth-order valence-corrected chi connectivity index (χ4v) is 2.48. The number of fused-ring (bicyclic) bond motifs is 2. The summed E-state index contributed by atoms with van der Waals surface area (Å²) in [6.07, 6.45) is 1.62. The van der Waals surface area contributed by atoms with E-state index in [1.54, 1.807) is 9.47 Å². The number of hydrogen-bond acceptors (Lipinski definition) is 4. The van der Waals surface area contributed by atoms with E-state index >= 15 is 0 Å². The fourth-order valence-electron chi connectivity index (χ4n) is 2.48. The summed E-state index contributed by atoms with van der Waals surface area (Å²) in [6, 6.07) is 1.24. The zero-order valence-corrected chi connectivity index (χ0v) is 9.83. The van der Waals surface area contributed by atoms with Gasteiger partial charge in [-0.05, 0) is 6.92 Å². The molecule has 1 aromatic rings. The van der Waals surface area contributed by atoms with E-state index < -0.39 is 5.43 Å². The van der Waals surface area contributed by atoms with E-state index in [1.165, 1.54) is 12.3 Å². The summed E-state index contributed by atoms with van der Waals surface area (Å²) < 4.78 is 7.14. The molecule has 2 unspecified atom stereocenters. The van der Waals surface area contributed by atoms with Crippen LogP contribution in [-0.4, -0.2) is 40.5 Å². The lowest BCUT2D eigenvalue weighted by Gasteiger charge is -2.33. The number of ether oxygens (including phenoxy) is 1. The average Bonchev–Trinajstić information content (AvgIpc) is 2.72. The van der Waals surface area contributed by atoms with Gasteiger partial charge in [-0.25, -0.2) is 0 Å². The Morgan fingerprint density at radius 1 is 1.44 bits per heavy atom. The highest BCUT2D eigenvalue weighted by molar-refractivity contribution is 5.94. The summed E-state index contributed by atoms with van der Waals surface area (Å²) in [5.74, 6) is -0.217. The number of pyridine rings is 1. The zero-order valence-electron chi connectivity index (χ0n) is 9.83. The van der Waals surface area contributed by atoms with Crippen LogP contribution in [0.3, 0.4) is 0 Å². The maximum atomic E-state index is 12.3. The molecule has 0 radical (unpaired) electrons. The molecule has 0 bridgehead atoms. The van der Waals surface area contributed by atoms with Gasteiger partial charge in [-0.2, -0.15) is 0 Å². The zero-order chi connectivity index (χ0) is 12.9. The molecule has 6 heteroatoms. The van der Waals surface area contributed by atoms with Gasteiger partial charge in [0.15, 0.2) is 17.9 Å². The summed E-state index contributed by atoms with van der Waals surface area (Å²) in [6.45, 7) is 2.85. The minimum atomic E-state index is -0.421. The van der Waals surface area contributed by atoms with Crippen molar-refractivity contribution in [1.29, 1.82) is 0 Å². The molecular weight excluding hydrogens is 236 g/mol. The van der Waals surface area contributed by atoms with Crippen molar-refractivity contribution in [3.05, 3.63) is 33.7 Å². The Kier molecular flexibility index (Phi) is 2.34. The maximum absolute atomic E-state index is 12.3. The number of carbonyl (C=O) groups is 2. The minimum Gasteiger partial charge on any atom is -0.354 e. The largest absolute Gasteiger partial charge is 0.354 e. The maximum Gasteiger partial charge on any atom is 0.273 e. The molecule has 0 aliphatic carbocycles. The van der Waals surface area contributed by atoms with Gasteiger partial charge in [0, 0.05) is 12.3 Å². The van der Waals surface area contributed by atoms with Crippen molar-refractivity contribution in [3.8, 4) is 0 Å². The molecule has 2 aliphatic heterocycles. The van der Waals surface area contributed by atoms with Gasteiger partial charge in [0.05, 0.1) is 24.8 Å². The van der Waals surface area contributed by atoms with Crippen LogP contribution < -0.4 is 5.43 Å². The number of aromatic nitrogens is 1. The van der Waals surface area contributed by atoms with Crippen molar-refractivity contribution in [1.82, 2.24) is 9.47 Å². The van der Waals surface area contributed by atoms with E-state index in [0.29, 0.717) is 25.1 Å². The Bertz CT molecular complexity index is 592. The molecule has 0 saturated carbocycles. The lowest BCUT2D eigenvalue weighted by Crippen LogP contribution is -2.48. The normalized spacial score (nSPS) is 25.8. The first kappa shape index (κ1) is 11.2. The van der Waals surface area contributed by atoms with Crippen LogP contribution in [0.4, 0.5) is 0 Å². The van der Waals surface area contributed by atoms with Crippen LogP contribution in [0.5, 0.6) is 0 Å². The Balaban J connectivity index is 2.13. The molecule has 0 aromatic carbocycles. The van der Waals surface area contributed by atoms with E-state index in [-0.39, 0.29) is 23.7 Å². The molecule has 0 spiro atoms. The number of rotatable bonds is 1. The van der Waals surface area contributed by atoms with E-state index in [9.17, 15) is 14.4 Å². The Morgan fingerprint density at radius 3 is 2.94 bits per heavy atom. The predicted octanol–water partition coefficient (Wildman–Crippen LogP) is -0.139. The van der Waals surface area contributed by atoms with Crippen LogP contribution in [0.1, 0.15) is 27.8 Å². The number of aldehydes is 1. The van der Waals surface area contributed by atoms with E-state index in [4.69, 9.17) is 4.74 Å². The smallest absolute Gasteiger partial charge is 0.273 e. The molecule has 6 nitrogen and oxygen atoms in total. The van der Waals surface area contributed by atoms with Crippen LogP contribution in [0.25, 0.3) is 0 Å². The van der Waals surface area contributed by atoms with Gasteiger partial charge in [0.25, 0.3) is 5.91 Å². The van der Waals surface area contributed by atoms with Crippen LogP contribution in [0, 0.1) is 0 Å². The van der Waals surface area contributed by atoms with E-state index in [2.05, 4.69) is 0 Å². The highest BCUT2D eigenvalue weighted by Gasteiger charge is 2.40. The van der Waals surface area contributed by atoms with E-state index in [1.807, 2.05) is 6.92 Å². The molecule has 1 fully saturated rings. The third kappa shape index (κ3) is 1.42. The second-order valence-electron chi connectivity index (χ2n) is 4.60. The van der Waals surface area contributed by atoms with Crippen LogP contribution in [-0.2, 0) is 11.3 Å². The molecule has 3 rings (SSSR count). The molecule has 18 heavy (non-hydrogen) atoms. The Labute approximate surface area is 103 Å². The topological polar surface area (TPSA) is 68.6 Å². The molecule has 0 N–H and O–H groups in total. The molecule has 2 aliphatic rings. The van der Waals surface area contributed by atoms with Crippen LogP contribution >= 0.6 is 0 Å². The van der Waals surface area contributed by atoms with E-state index in [0.717, 1.165) is 0 Å². The van der Waals surface area contributed by atoms with Gasteiger partial charge in [-0.1, -0.05) is 0 Å². The summed E-state index contributed by atoms with van der Waals surface area (Å²) in [4.78, 5) is 36.2. The lowest BCUT2D eigenvalue weighted by atomic mass is 10.1. The highest BCUT2D eigenvalue weighted by Crippen LogP contribution is 2.25. The second-order valence-corrected chi connectivity index (χ2v) is 4.60. The van der Waals surface area contributed by atoms with Crippen molar-refractivity contribution >= 4 is 12.2 Å². The summed E-state index contributed by atoms with van der Waals surface area (Å²) in [5, 5.41) is 0. The first-order valence-corrected chi connectivity index (χ1v) is 5.75. The standard InChI is InChI=1S/C12H12N2O4/c1-7-6-18-11-4-13-3-8(5-15)10(16)2-9(13)12(17)14(7)11/h2-3,5,7,11H,4,6H2,1H3. The molecule has 94 valence electrons. The molecule has 1 aromatic heterocycles. The van der Waals surface area contributed by atoms with Gasteiger partial charge >= 0.3 is 0 Å². The number of nitrogens with zero attached hydrogens (tertiary/aromatic N) is 2. The Hall–Kier alpha value is -1.95. The first-order valence-electron chi connectivity index (χ1n) is 5.75. The van der Waals surface area contributed by atoms with Gasteiger partial charge in [0.2, 0.25) is 0 Å². The quantitative estimate of drug-likeness (QED) is 0.649. The second kappa shape index (κ2) is 3.78. The minimum absolute atomic E-state index is 0.0112. The lowest BCUT2D eigenvalue weighted by molar-refractivity contribution is 0.00677. The molecule has 3 heterocycles. The number of hydrogen-bond donors (Lipinski definition) is 0. The van der Waals surface area contributed by atoms with Crippen molar-refractivity contribution in [2.45, 2.75) is 25.7 Å². The van der Waals surface area contributed by atoms with Gasteiger partial charge in [-0.15, -0.1) is 0 Å². The fraction of sp³-hybridized carbons (Fsp3) is 0.417. The summed E-state index contributed by atoms with van der Waals surface area (Å²) >= 11 is 0. The number of amides is 1. The molecule has 1 saturated heterocycles. The van der Waals surface area contributed by atoms with Crippen LogP contribution in [0.2, 0.25) is 0 Å². The van der Waals surface area contributed by atoms with Gasteiger partial charge in [-0.3, -0.25) is 14.4 Å². The van der Waals surface area contributed by atoms with Crippen molar-refractivity contribution in [3.63, 3.8) is 0 Å². The average molecular weight is 248 g/mol. The molecule has 2 atom stereocenters. The first-order chi connectivity index (χ1) is 8.61. The Morgan fingerprint density at radius 2 is 2.22 bits per heavy atom. The summed E-state index contributed by atoms with van der Waals surface area (Å²) in [5.41, 5.74) is -0.0407. The SMILES string of the molecule is CC1COC2Cn3cc(C=O)c(=O)cc3C(=O)N12. The summed E-state index contributed by atoms with van der Waals surface area (Å²) in [7, 11) is 0. The van der Waals surface area contributed by atoms with Crippen molar-refractivity contribution in [2.24, 2.45) is 0 Å². The monoisotopic (exact) mass is 248 g/mol. The molecular formula is C12H12N2O4. The highest BCUT2D eigenvalue weighted by atomic mass is 16.5. The third-order valence-corrected chi connectivity index (χ3v) is 3.41. The van der Waals surface area contributed by atoms with Crippen LogP contribution in [0.15, 0.2) is 17.1 Å². The predicted molar refractivity (Wildman–Crippen MR) is 61.5 cm³/mol. The van der Waals surface area contributed by atoms with Gasteiger partial charge in [0.1, 0.15) is 5.69 Å². The third-order valence-electron chi connectivity index (χ3n) is 3.41. The van der Waals surface area contributed by atoms with Crippen molar-refractivity contribution < 1.29 is 14.3 Å². The number of carbonyl (C=O) groups excluding carboxylic acids is 2. The molecule has 1 amide bonds.